The van der Waals surface area contributed by atoms with Gasteiger partial charge in [-0.3, -0.25) is 14.3 Å². The summed E-state index contributed by atoms with van der Waals surface area (Å²) in [5.41, 5.74) is 2.58. The fourth-order valence-corrected chi connectivity index (χ4v) is 3.53. The number of para-hydroxylation sites is 3. The van der Waals surface area contributed by atoms with Crippen LogP contribution in [0.5, 0.6) is 0 Å². The van der Waals surface area contributed by atoms with Crippen LogP contribution >= 0.6 is 0 Å². The lowest BCUT2D eigenvalue weighted by Crippen LogP contribution is -2.19. The first-order chi connectivity index (χ1) is 12.3. The van der Waals surface area contributed by atoms with Gasteiger partial charge in [-0.15, -0.1) is 0 Å². The summed E-state index contributed by atoms with van der Waals surface area (Å²) >= 11 is 0. The molecular formula is C22H14N2O. The third-order valence-electron chi connectivity index (χ3n) is 4.64. The average Bonchev–Trinajstić information content (AvgIpc) is 2.68. The molecule has 0 N–H and O–H groups in total. The summed E-state index contributed by atoms with van der Waals surface area (Å²) in [4.78, 5) is 18.0. The van der Waals surface area contributed by atoms with Crippen molar-refractivity contribution in [2.75, 3.05) is 0 Å². The topological polar surface area (TPSA) is 34.9 Å². The average molecular weight is 322 g/mol. The SMILES string of the molecule is O=c1c2c3ccccc3ncc2c2ccccc2n1-c1ccccc1. The molecule has 3 aromatic carbocycles. The molecule has 5 rings (SSSR count). The zero-order chi connectivity index (χ0) is 16.8. The smallest absolute Gasteiger partial charge is 0.264 e. The van der Waals surface area contributed by atoms with Crippen molar-refractivity contribution < 1.29 is 0 Å². The van der Waals surface area contributed by atoms with E-state index >= 15 is 0 Å². The van der Waals surface area contributed by atoms with E-state index in [2.05, 4.69) is 4.98 Å². The van der Waals surface area contributed by atoms with Gasteiger partial charge in [0, 0.05) is 28.0 Å². The standard InChI is InChI=1S/C22H14N2O/c25-22-21-17-11-4-6-12-19(17)23-14-18(21)16-10-5-7-13-20(16)24(22)15-8-2-1-3-9-15/h1-14H. The first-order valence-corrected chi connectivity index (χ1v) is 8.21. The van der Waals surface area contributed by atoms with Gasteiger partial charge in [0.1, 0.15) is 0 Å². The van der Waals surface area contributed by atoms with Gasteiger partial charge >= 0.3 is 0 Å². The second-order valence-corrected chi connectivity index (χ2v) is 6.06. The Morgan fingerprint density at radius 1 is 0.680 bits per heavy atom. The van der Waals surface area contributed by atoms with Crippen molar-refractivity contribution in [2.24, 2.45) is 0 Å². The molecule has 3 nitrogen and oxygen atoms in total. The molecule has 0 saturated carbocycles. The molecule has 2 heterocycles. The second-order valence-electron chi connectivity index (χ2n) is 6.06. The van der Waals surface area contributed by atoms with Crippen LogP contribution in [0.2, 0.25) is 0 Å². The van der Waals surface area contributed by atoms with Crippen LogP contribution in [0.1, 0.15) is 0 Å². The number of benzene rings is 3. The number of nitrogens with zero attached hydrogens (tertiary/aromatic N) is 2. The van der Waals surface area contributed by atoms with Crippen molar-refractivity contribution in [3.05, 3.63) is 95.4 Å². The van der Waals surface area contributed by atoms with E-state index in [0.29, 0.717) is 5.39 Å². The molecular weight excluding hydrogens is 308 g/mol. The van der Waals surface area contributed by atoms with Gasteiger partial charge in [0.05, 0.1) is 16.4 Å². The number of pyridine rings is 2. The molecule has 0 amide bonds. The van der Waals surface area contributed by atoms with Crippen LogP contribution in [-0.4, -0.2) is 9.55 Å². The molecule has 118 valence electrons. The summed E-state index contributed by atoms with van der Waals surface area (Å²) in [6, 6.07) is 25.6. The van der Waals surface area contributed by atoms with Crippen LogP contribution < -0.4 is 5.56 Å². The number of rotatable bonds is 1. The zero-order valence-electron chi connectivity index (χ0n) is 13.4. The maximum Gasteiger partial charge on any atom is 0.264 e. The highest BCUT2D eigenvalue weighted by Gasteiger charge is 2.14. The molecule has 3 heteroatoms. The minimum absolute atomic E-state index is 0.0153. The van der Waals surface area contributed by atoms with Crippen LogP contribution in [0.25, 0.3) is 38.3 Å². The van der Waals surface area contributed by atoms with Gasteiger partial charge in [0.2, 0.25) is 0 Å². The van der Waals surface area contributed by atoms with Gasteiger partial charge in [-0.1, -0.05) is 54.6 Å². The van der Waals surface area contributed by atoms with Crippen LogP contribution in [0.15, 0.2) is 89.9 Å². The lowest BCUT2D eigenvalue weighted by Gasteiger charge is -2.14. The minimum Gasteiger partial charge on any atom is -0.276 e. The molecule has 0 spiro atoms. The summed E-state index contributed by atoms with van der Waals surface area (Å²) in [6.07, 6.45) is 1.82. The van der Waals surface area contributed by atoms with Crippen LogP contribution in [0.3, 0.4) is 0 Å². The maximum absolute atomic E-state index is 13.5. The van der Waals surface area contributed by atoms with Crippen molar-refractivity contribution in [3.63, 3.8) is 0 Å². The van der Waals surface area contributed by atoms with Crippen molar-refractivity contribution >= 4 is 32.6 Å². The van der Waals surface area contributed by atoms with Crippen LogP contribution in [0.4, 0.5) is 0 Å². The third-order valence-corrected chi connectivity index (χ3v) is 4.64. The minimum atomic E-state index is -0.0153. The molecule has 0 unspecified atom stereocenters. The molecule has 0 aliphatic heterocycles. The number of hydrogen-bond donors (Lipinski definition) is 0. The fourth-order valence-electron chi connectivity index (χ4n) is 3.53. The first-order valence-electron chi connectivity index (χ1n) is 8.21. The Labute approximate surface area is 143 Å². The predicted molar refractivity (Wildman–Crippen MR) is 102 cm³/mol. The van der Waals surface area contributed by atoms with E-state index in [1.807, 2.05) is 85.1 Å². The lowest BCUT2D eigenvalue weighted by atomic mass is 10.0. The Hall–Kier alpha value is -3.46. The highest BCUT2D eigenvalue weighted by atomic mass is 16.1. The van der Waals surface area contributed by atoms with Gasteiger partial charge in [-0.25, -0.2) is 0 Å². The van der Waals surface area contributed by atoms with Crippen LogP contribution in [-0.2, 0) is 0 Å². The molecule has 5 aromatic rings. The van der Waals surface area contributed by atoms with Crippen molar-refractivity contribution in [2.45, 2.75) is 0 Å². The lowest BCUT2D eigenvalue weighted by molar-refractivity contribution is 1.06. The van der Waals surface area contributed by atoms with Gasteiger partial charge in [-0.2, -0.15) is 0 Å². The molecule has 25 heavy (non-hydrogen) atoms. The van der Waals surface area contributed by atoms with E-state index in [9.17, 15) is 4.79 Å². The molecule has 2 aromatic heterocycles. The van der Waals surface area contributed by atoms with Gasteiger partial charge in [-0.05, 0) is 24.3 Å². The molecule has 0 aliphatic rings. The van der Waals surface area contributed by atoms with Crippen molar-refractivity contribution in [3.8, 4) is 5.69 Å². The Balaban J connectivity index is 2.11. The highest BCUT2D eigenvalue weighted by molar-refractivity contribution is 6.14. The molecule has 0 atom stereocenters. The number of aromatic nitrogens is 2. The van der Waals surface area contributed by atoms with E-state index in [4.69, 9.17) is 0 Å². The van der Waals surface area contributed by atoms with Gasteiger partial charge in [0.15, 0.2) is 0 Å². The zero-order valence-corrected chi connectivity index (χ0v) is 13.4. The largest absolute Gasteiger partial charge is 0.276 e. The van der Waals surface area contributed by atoms with Crippen LogP contribution in [0, 0.1) is 0 Å². The monoisotopic (exact) mass is 322 g/mol. The second kappa shape index (κ2) is 5.28. The molecule has 0 fully saturated rings. The van der Waals surface area contributed by atoms with E-state index < -0.39 is 0 Å². The van der Waals surface area contributed by atoms with E-state index in [1.54, 1.807) is 4.57 Å². The molecule has 0 radical (unpaired) electrons. The van der Waals surface area contributed by atoms with Crippen molar-refractivity contribution in [1.29, 1.82) is 0 Å². The Morgan fingerprint density at radius 3 is 2.20 bits per heavy atom. The highest BCUT2D eigenvalue weighted by Crippen LogP contribution is 2.28. The summed E-state index contributed by atoms with van der Waals surface area (Å²) in [6.45, 7) is 0. The number of fused-ring (bicyclic) bond motifs is 5. The molecule has 0 bridgehead atoms. The third kappa shape index (κ3) is 1.99. The molecule has 0 saturated heterocycles. The Morgan fingerprint density at radius 2 is 1.36 bits per heavy atom. The quantitative estimate of drug-likeness (QED) is 0.420. The first kappa shape index (κ1) is 13.9. The Bertz CT molecular complexity index is 1300. The Kier molecular flexibility index (Phi) is 2.94. The normalized spacial score (nSPS) is 11.4. The fraction of sp³-hybridized carbons (Fsp3) is 0. The maximum atomic E-state index is 13.5. The predicted octanol–water partition coefficient (Wildman–Crippen LogP) is 4.69. The molecule has 0 aliphatic carbocycles. The van der Waals surface area contributed by atoms with Crippen molar-refractivity contribution in [1.82, 2.24) is 9.55 Å². The van der Waals surface area contributed by atoms with E-state index in [1.165, 1.54) is 0 Å². The summed E-state index contributed by atoms with van der Waals surface area (Å²) in [5.74, 6) is 0. The van der Waals surface area contributed by atoms with Gasteiger partial charge in [0.25, 0.3) is 5.56 Å². The van der Waals surface area contributed by atoms with Gasteiger partial charge < -0.3 is 0 Å². The number of hydrogen-bond acceptors (Lipinski definition) is 2. The summed E-state index contributed by atoms with van der Waals surface area (Å²) < 4.78 is 1.80. The summed E-state index contributed by atoms with van der Waals surface area (Å²) in [7, 11) is 0. The summed E-state index contributed by atoms with van der Waals surface area (Å²) in [5, 5.41) is 3.53. The van der Waals surface area contributed by atoms with E-state index in [0.717, 1.165) is 32.9 Å². The van der Waals surface area contributed by atoms with E-state index in [-0.39, 0.29) is 5.56 Å².